The van der Waals surface area contributed by atoms with Crippen molar-refractivity contribution in [3.05, 3.63) is 28.2 Å². The van der Waals surface area contributed by atoms with Crippen LogP contribution in [0.3, 0.4) is 0 Å². The molecular weight excluding hydrogens is 351 g/mol. The molecule has 20 heavy (non-hydrogen) atoms. The lowest BCUT2D eigenvalue weighted by atomic mass is 10.1. The van der Waals surface area contributed by atoms with Crippen molar-refractivity contribution in [1.29, 1.82) is 5.26 Å². The molecule has 0 saturated carbocycles. The van der Waals surface area contributed by atoms with E-state index in [9.17, 15) is 17.1 Å². The van der Waals surface area contributed by atoms with E-state index in [1.165, 1.54) is 11.0 Å². The number of carbonyl (C=O) groups excluding carboxylic acids is 1. The first-order valence-corrected chi connectivity index (χ1v) is 8.06. The fraction of sp³-hybridized carbons (Fsp3) is 0.333. The summed E-state index contributed by atoms with van der Waals surface area (Å²) in [5.41, 5.74) is 0.878. The third-order valence-electron chi connectivity index (χ3n) is 2.96. The van der Waals surface area contributed by atoms with Crippen LogP contribution in [-0.4, -0.2) is 26.6 Å². The van der Waals surface area contributed by atoms with Crippen molar-refractivity contribution < 1.29 is 17.1 Å². The highest BCUT2D eigenvalue weighted by molar-refractivity contribution is 9.10. The molecule has 0 spiro atoms. The summed E-state index contributed by atoms with van der Waals surface area (Å²) in [5.74, 6) is -1.50. The number of halogens is 2. The van der Waals surface area contributed by atoms with Crippen molar-refractivity contribution in [2.75, 3.05) is 17.2 Å². The van der Waals surface area contributed by atoms with Gasteiger partial charge in [0.1, 0.15) is 0 Å². The van der Waals surface area contributed by atoms with Crippen LogP contribution in [0.5, 0.6) is 0 Å². The van der Waals surface area contributed by atoms with Gasteiger partial charge in [0.05, 0.1) is 17.4 Å². The third kappa shape index (κ3) is 3.55. The molecule has 1 amide bonds. The van der Waals surface area contributed by atoms with Crippen LogP contribution < -0.4 is 4.90 Å². The first-order chi connectivity index (χ1) is 9.28. The fourth-order valence-corrected chi connectivity index (χ4v) is 3.49. The Bertz CT molecular complexity index is 699. The third-order valence-corrected chi connectivity index (χ3v) is 4.29. The summed E-state index contributed by atoms with van der Waals surface area (Å²) in [6.07, 6.45) is -0.0163. The van der Waals surface area contributed by atoms with Gasteiger partial charge in [-0.05, 0) is 18.2 Å². The summed E-state index contributed by atoms with van der Waals surface area (Å²) in [5, 5.41) is 8.90. The molecule has 0 radical (unpaired) electrons. The van der Waals surface area contributed by atoms with Gasteiger partial charge in [-0.25, -0.2) is 0 Å². The number of carbonyl (C=O) groups is 1. The van der Waals surface area contributed by atoms with Crippen LogP contribution in [-0.2, 0) is 15.0 Å². The first kappa shape index (κ1) is 14.9. The molecule has 1 fully saturated rings. The van der Waals surface area contributed by atoms with E-state index < -0.39 is 21.9 Å². The molecule has 0 bridgehead atoms. The van der Waals surface area contributed by atoms with Crippen molar-refractivity contribution >= 4 is 37.7 Å². The smallest absolute Gasteiger partial charge is 0.302 e. The minimum Gasteiger partial charge on any atom is -0.312 e. The molecule has 1 atom stereocenters. The second-order valence-corrected chi connectivity index (χ2v) is 6.92. The standard InChI is InChI=1S/C12H10BrFN2O3S/c13-10-1-8(5-15)2-11(4-10)16-6-9(3-12(16)17)7-20(14,18)19/h1-2,4,9H,3,6-7H2. The predicted octanol–water partition coefficient (Wildman–Crippen LogP) is 1.97. The normalized spacial score (nSPS) is 19.1. The van der Waals surface area contributed by atoms with E-state index in [2.05, 4.69) is 15.9 Å². The highest BCUT2D eigenvalue weighted by atomic mass is 79.9. The second kappa shape index (κ2) is 5.50. The maximum atomic E-state index is 12.7. The molecule has 1 aliphatic heterocycles. The lowest BCUT2D eigenvalue weighted by Gasteiger charge is -2.17. The van der Waals surface area contributed by atoms with Crippen molar-refractivity contribution in [2.45, 2.75) is 6.42 Å². The molecule has 1 aliphatic rings. The highest BCUT2D eigenvalue weighted by Gasteiger charge is 2.33. The Morgan fingerprint density at radius 3 is 2.75 bits per heavy atom. The number of anilines is 1. The van der Waals surface area contributed by atoms with Crippen molar-refractivity contribution in [2.24, 2.45) is 5.92 Å². The molecule has 0 aliphatic carbocycles. The summed E-state index contributed by atoms with van der Waals surface area (Å²) in [6.45, 7) is 0.128. The molecule has 1 aromatic rings. The van der Waals surface area contributed by atoms with Crippen LogP contribution in [0.4, 0.5) is 9.57 Å². The first-order valence-electron chi connectivity index (χ1n) is 5.72. The Balaban J connectivity index is 2.24. The Morgan fingerprint density at radius 2 is 2.15 bits per heavy atom. The van der Waals surface area contributed by atoms with E-state index in [1.54, 1.807) is 12.1 Å². The zero-order valence-electron chi connectivity index (χ0n) is 10.2. The Morgan fingerprint density at radius 1 is 1.45 bits per heavy atom. The monoisotopic (exact) mass is 360 g/mol. The largest absolute Gasteiger partial charge is 0.312 e. The lowest BCUT2D eigenvalue weighted by molar-refractivity contribution is -0.117. The molecule has 0 aromatic heterocycles. The van der Waals surface area contributed by atoms with Crippen LogP contribution in [0, 0.1) is 17.2 Å². The van der Waals surface area contributed by atoms with Crippen molar-refractivity contribution in [1.82, 2.24) is 0 Å². The molecule has 106 valence electrons. The van der Waals surface area contributed by atoms with Crippen LogP contribution >= 0.6 is 15.9 Å². The molecule has 1 saturated heterocycles. The van der Waals surface area contributed by atoms with Gasteiger partial charge in [0.25, 0.3) is 0 Å². The highest BCUT2D eigenvalue weighted by Crippen LogP contribution is 2.29. The van der Waals surface area contributed by atoms with E-state index >= 15 is 0 Å². The number of benzene rings is 1. The average Bonchev–Trinajstić information content (AvgIpc) is 2.66. The topological polar surface area (TPSA) is 78.2 Å². The van der Waals surface area contributed by atoms with Crippen LogP contribution in [0.1, 0.15) is 12.0 Å². The van der Waals surface area contributed by atoms with Gasteiger partial charge in [-0.15, -0.1) is 3.89 Å². The number of rotatable bonds is 3. The zero-order chi connectivity index (χ0) is 14.9. The zero-order valence-corrected chi connectivity index (χ0v) is 12.6. The van der Waals surface area contributed by atoms with E-state index in [0.717, 1.165) is 0 Å². The quantitative estimate of drug-likeness (QED) is 0.772. The lowest BCUT2D eigenvalue weighted by Crippen LogP contribution is -2.25. The molecule has 1 heterocycles. The molecule has 1 unspecified atom stereocenters. The van der Waals surface area contributed by atoms with Crippen LogP contribution in [0.15, 0.2) is 22.7 Å². The maximum Gasteiger partial charge on any atom is 0.302 e. The second-order valence-electron chi connectivity index (χ2n) is 4.59. The summed E-state index contributed by atoms with van der Waals surface area (Å²) >= 11 is 3.24. The Kier molecular flexibility index (Phi) is 4.11. The van der Waals surface area contributed by atoms with Gasteiger partial charge in [-0.2, -0.15) is 13.7 Å². The van der Waals surface area contributed by atoms with Crippen LogP contribution in [0.25, 0.3) is 0 Å². The minimum absolute atomic E-state index is 0.0163. The average molecular weight is 361 g/mol. The van der Waals surface area contributed by atoms with Crippen LogP contribution in [0.2, 0.25) is 0 Å². The fourth-order valence-electron chi connectivity index (χ4n) is 2.22. The van der Waals surface area contributed by atoms with Gasteiger partial charge in [0.15, 0.2) is 0 Å². The van der Waals surface area contributed by atoms with Gasteiger partial charge in [0, 0.05) is 29.0 Å². The minimum atomic E-state index is -4.60. The number of nitriles is 1. The number of amides is 1. The summed E-state index contributed by atoms with van der Waals surface area (Å²) in [7, 11) is -4.60. The SMILES string of the molecule is N#Cc1cc(Br)cc(N2CC(CS(=O)(=O)F)CC2=O)c1. The van der Waals surface area contributed by atoms with Gasteiger partial charge in [0.2, 0.25) is 5.91 Å². The summed E-state index contributed by atoms with van der Waals surface area (Å²) < 4.78 is 34.6. The van der Waals surface area contributed by atoms with E-state index in [-0.39, 0.29) is 18.9 Å². The number of hydrogen-bond donors (Lipinski definition) is 0. The Labute approximate surface area is 124 Å². The number of hydrogen-bond acceptors (Lipinski definition) is 4. The van der Waals surface area contributed by atoms with Gasteiger partial charge in [-0.3, -0.25) is 4.79 Å². The molecule has 0 N–H and O–H groups in total. The maximum absolute atomic E-state index is 12.7. The molecule has 8 heteroatoms. The molecular formula is C12H10BrFN2O3S. The van der Waals surface area contributed by atoms with Gasteiger partial charge in [-0.1, -0.05) is 15.9 Å². The summed E-state index contributed by atoms with van der Waals surface area (Å²) in [6, 6.07) is 6.77. The Hall–Kier alpha value is -1.46. The van der Waals surface area contributed by atoms with Crippen molar-refractivity contribution in [3.63, 3.8) is 0 Å². The molecule has 1 aromatic carbocycles. The van der Waals surface area contributed by atoms with E-state index in [1.807, 2.05) is 6.07 Å². The predicted molar refractivity (Wildman–Crippen MR) is 74.2 cm³/mol. The van der Waals surface area contributed by atoms with Crippen molar-refractivity contribution in [3.8, 4) is 6.07 Å². The van der Waals surface area contributed by atoms with Gasteiger partial charge >= 0.3 is 10.2 Å². The summed E-state index contributed by atoms with van der Waals surface area (Å²) in [4.78, 5) is 13.3. The van der Waals surface area contributed by atoms with Gasteiger partial charge < -0.3 is 4.90 Å². The van der Waals surface area contributed by atoms with E-state index in [0.29, 0.717) is 15.7 Å². The molecule has 2 rings (SSSR count). The van der Waals surface area contributed by atoms with E-state index in [4.69, 9.17) is 5.26 Å². The number of nitrogens with zero attached hydrogens (tertiary/aromatic N) is 2. The molecule has 5 nitrogen and oxygen atoms in total.